The molecule has 19 heavy (non-hydrogen) atoms. The number of hydrogen-bond acceptors (Lipinski definition) is 6. The van der Waals surface area contributed by atoms with Crippen LogP contribution in [0.25, 0.3) is 0 Å². The molecule has 2 heterocycles. The van der Waals surface area contributed by atoms with Gasteiger partial charge in [-0.15, -0.1) is 0 Å². The van der Waals surface area contributed by atoms with Crippen LogP contribution < -0.4 is 15.4 Å². The van der Waals surface area contributed by atoms with E-state index in [0.29, 0.717) is 12.1 Å². The van der Waals surface area contributed by atoms with Crippen LogP contribution in [0.15, 0.2) is 10.4 Å². The second kappa shape index (κ2) is 5.74. The molecule has 1 saturated heterocycles. The summed E-state index contributed by atoms with van der Waals surface area (Å²) in [6.45, 7) is 6.07. The lowest BCUT2D eigenvalue weighted by molar-refractivity contribution is 0.387. The van der Waals surface area contributed by atoms with E-state index in [1.54, 1.807) is 0 Å². The molecule has 0 amide bonds. The Bertz CT molecular complexity index is 519. The molecule has 0 bridgehead atoms. The van der Waals surface area contributed by atoms with Gasteiger partial charge in [0.05, 0.1) is 6.20 Å². The molecule has 2 rings (SSSR count). The van der Waals surface area contributed by atoms with Gasteiger partial charge in [-0.1, -0.05) is 25.2 Å². The zero-order valence-corrected chi connectivity index (χ0v) is 12.8. The molecular weight excluding hydrogens is 284 g/mol. The van der Waals surface area contributed by atoms with Gasteiger partial charge in [-0.05, 0) is 12.8 Å². The Hall–Kier alpha value is -0.700. The van der Waals surface area contributed by atoms with Gasteiger partial charge in [0, 0.05) is 25.2 Å². The highest BCUT2D eigenvalue weighted by Gasteiger charge is 2.23. The van der Waals surface area contributed by atoms with E-state index in [1.807, 2.05) is 0 Å². The summed E-state index contributed by atoms with van der Waals surface area (Å²) >= 11 is 1.14. The van der Waals surface area contributed by atoms with Gasteiger partial charge >= 0.3 is 0 Å². The van der Waals surface area contributed by atoms with E-state index in [9.17, 15) is 8.42 Å². The third-order valence-corrected chi connectivity index (χ3v) is 5.55. The van der Waals surface area contributed by atoms with E-state index in [-0.39, 0.29) is 4.21 Å². The van der Waals surface area contributed by atoms with Crippen molar-refractivity contribution in [2.24, 2.45) is 5.14 Å². The summed E-state index contributed by atoms with van der Waals surface area (Å²) in [7, 11) is -3.63. The van der Waals surface area contributed by atoms with Gasteiger partial charge in [-0.2, -0.15) is 0 Å². The van der Waals surface area contributed by atoms with Crippen LogP contribution in [0.5, 0.6) is 0 Å². The van der Waals surface area contributed by atoms with Gasteiger partial charge in [-0.3, -0.25) is 0 Å². The molecule has 1 aromatic rings. The molecule has 0 aliphatic carbocycles. The summed E-state index contributed by atoms with van der Waals surface area (Å²) in [5, 5.41) is 9.36. The summed E-state index contributed by atoms with van der Waals surface area (Å²) in [4.78, 5) is 6.28. The Morgan fingerprint density at radius 3 is 2.58 bits per heavy atom. The molecule has 0 unspecified atom stereocenters. The molecule has 6 nitrogen and oxygen atoms in total. The first kappa shape index (κ1) is 14.7. The molecule has 1 aliphatic heterocycles. The standard InChI is InChI=1S/C11H20N4O2S2/c1-8(2)14-9-3-5-15(6-4-9)11-13-7-10(18-11)19(12,16)17/h7-9,14H,3-6H2,1-2H3,(H2,12,16,17). The first-order valence-electron chi connectivity index (χ1n) is 6.36. The molecule has 1 aliphatic rings. The molecule has 8 heteroatoms. The third-order valence-electron chi connectivity index (χ3n) is 3.09. The molecular formula is C11H20N4O2S2. The zero-order valence-electron chi connectivity index (χ0n) is 11.2. The van der Waals surface area contributed by atoms with Crippen molar-refractivity contribution >= 4 is 26.5 Å². The molecule has 108 valence electrons. The number of rotatable bonds is 4. The van der Waals surface area contributed by atoms with Crippen molar-refractivity contribution in [2.75, 3.05) is 18.0 Å². The summed E-state index contributed by atoms with van der Waals surface area (Å²) < 4.78 is 22.6. The number of primary sulfonamides is 1. The minimum atomic E-state index is -3.63. The lowest BCUT2D eigenvalue weighted by atomic mass is 10.0. The van der Waals surface area contributed by atoms with Crippen molar-refractivity contribution in [3.8, 4) is 0 Å². The van der Waals surface area contributed by atoms with E-state index < -0.39 is 10.0 Å². The van der Waals surface area contributed by atoms with Crippen molar-refractivity contribution in [1.82, 2.24) is 10.3 Å². The fourth-order valence-corrected chi connectivity index (χ4v) is 3.83. The van der Waals surface area contributed by atoms with Crippen molar-refractivity contribution in [1.29, 1.82) is 0 Å². The number of sulfonamides is 1. The van der Waals surface area contributed by atoms with Crippen LogP contribution >= 0.6 is 11.3 Å². The quantitative estimate of drug-likeness (QED) is 0.857. The van der Waals surface area contributed by atoms with Crippen LogP contribution in [0.2, 0.25) is 0 Å². The number of anilines is 1. The summed E-state index contributed by atoms with van der Waals surface area (Å²) in [6, 6.07) is 1.03. The lowest BCUT2D eigenvalue weighted by Gasteiger charge is -2.33. The minimum Gasteiger partial charge on any atom is -0.348 e. The van der Waals surface area contributed by atoms with Gasteiger partial charge in [0.2, 0.25) is 10.0 Å². The fourth-order valence-electron chi connectivity index (χ4n) is 2.24. The predicted molar refractivity (Wildman–Crippen MR) is 77.0 cm³/mol. The molecule has 0 aromatic carbocycles. The molecule has 3 N–H and O–H groups in total. The van der Waals surface area contributed by atoms with Gasteiger partial charge in [-0.25, -0.2) is 18.5 Å². The second-order valence-corrected chi connectivity index (χ2v) is 7.89. The van der Waals surface area contributed by atoms with E-state index >= 15 is 0 Å². The van der Waals surface area contributed by atoms with Gasteiger partial charge in [0.1, 0.15) is 0 Å². The molecule has 0 spiro atoms. The highest BCUT2D eigenvalue weighted by atomic mass is 32.2. The second-order valence-electron chi connectivity index (χ2n) is 5.09. The van der Waals surface area contributed by atoms with E-state index in [0.717, 1.165) is 42.4 Å². The van der Waals surface area contributed by atoms with Crippen molar-refractivity contribution in [3.63, 3.8) is 0 Å². The highest BCUT2D eigenvalue weighted by molar-refractivity contribution is 7.91. The van der Waals surface area contributed by atoms with Crippen LogP contribution in [-0.2, 0) is 10.0 Å². The van der Waals surface area contributed by atoms with Gasteiger partial charge < -0.3 is 10.2 Å². The van der Waals surface area contributed by atoms with Crippen molar-refractivity contribution in [2.45, 2.75) is 43.0 Å². The van der Waals surface area contributed by atoms with Crippen LogP contribution in [0.4, 0.5) is 5.13 Å². The van der Waals surface area contributed by atoms with Crippen LogP contribution in [0, 0.1) is 0 Å². The molecule has 0 saturated carbocycles. The number of hydrogen-bond donors (Lipinski definition) is 2. The van der Waals surface area contributed by atoms with Crippen LogP contribution in [0.3, 0.4) is 0 Å². The number of aromatic nitrogens is 1. The topological polar surface area (TPSA) is 88.3 Å². The third kappa shape index (κ3) is 3.88. The van der Waals surface area contributed by atoms with Gasteiger partial charge in [0.25, 0.3) is 0 Å². The average Bonchev–Trinajstić information content (AvgIpc) is 2.78. The smallest absolute Gasteiger partial charge is 0.249 e. The first-order valence-corrected chi connectivity index (χ1v) is 8.72. The Balaban J connectivity index is 1.96. The van der Waals surface area contributed by atoms with E-state index in [1.165, 1.54) is 6.20 Å². The number of piperidine rings is 1. The van der Waals surface area contributed by atoms with Crippen LogP contribution in [-0.4, -0.2) is 38.6 Å². The number of nitrogens with two attached hydrogens (primary N) is 1. The molecule has 1 fully saturated rings. The van der Waals surface area contributed by atoms with E-state index in [2.05, 4.69) is 29.0 Å². The normalized spacial score (nSPS) is 18.2. The summed E-state index contributed by atoms with van der Waals surface area (Å²) in [5.41, 5.74) is 0. The Labute approximate surface area is 118 Å². The summed E-state index contributed by atoms with van der Waals surface area (Å²) in [6.07, 6.45) is 3.43. The SMILES string of the molecule is CC(C)NC1CCN(c2ncc(S(N)(=O)=O)s2)CC1. The highest BCUT2D eigenvalue weighted by Crippen LogP contribution is 2.27. The van der Waals surface area contributed by atoms with Crippen molar-refractivity contribution < 1.29 is 8.42 Å². The molecule has 0 radical (unpaired) electrons. The Morgan fingerprint density at radius 2 is 2.11 bits per heavy atom. The van der Waals surface area contributed by atoms with Crippen molar-refractivity contribution in [3.05, 3.63) is 6.20 Å². The minimum absolute atomic E-state index is 0.130. The predicted octanol–water partition coefficient (Wildman–Crippen LogP) is 0.757. The number of thiazole rings is 1. The maximum absolute atomic E-state index is 11.2. The number of nitrogens with zero attached hydrogens (tertiary/aromatic N) is 2. The maximum Gasteiger partial charge on any atom is 0.249 e. The summed E-state index contributed by atoms with van der Waals surface area (Å²) in [5.74, 6) is 0. The zero-order chi connectivity index (χ0) is 14.0. The largest absolute Gasteiger partial charge is 0.348 e. The van der Waals surface area contributed by atoms with E-state index in [4.69, 9.17) is 5.14 Å². The van der Waals surface area contributed by atoms with Gasteiger partial charge in [0.15, 0.2) is 9.34 Å². The monoisotopic (exact) mass is 304 g/mol. The first-order chi connectivity index (χ1) is 8.86. The molecule has 1 aromatic heterocycles. The lowest BCUT2D eigenvalue weighted by Crippen LogP contribution is -2.44. The molecule has 0 atom stereocenters. The maximum atomic E-state index is 11.2. The number of nitrogens with one attached hydrogen (secondary N) is 1. The fraction of sp³-hybridized carbons (Fsp3) is 0.727. The Kier molecular flexibility index (Phi) is 4.44. The Morgan fingerprint density at radius 1 is 1.47 bits per heavy atom. The van der Waals surface area contributed by atoms with Crippen LogP contribution in [0.1, 0.15) is 26.7 Å². The average molecular weight is 304 g/mol.